The van der Waals surface area contributed by atoms with Gasteiger partial charge in [-0.05, 0) is 68.6 Å². The summed E-state index contributed by atoms with van der Waals surface area (Å²) in [7, 11) is 0. The van der Waals surface area contributed by atoms with Crippen LogP contribution in [0, 0.1) is 0 Å². The highest BCUT2D eigenvalue weighted by Gasteiger charge is 2.26. The van der Waals surface area contributed by atoms with E-state index >= 15 is 0 Å². The third-order valence-electron chi connectivity index (χ3n) is 5.00. The zero-order chi connectivity index (χ0) is 22.0. The first-order valence-electron chi connectivity index (χ1n) is 10.3. The fourth-order valence-corrected chi connectivity index (χ4v) is 4.50. The molecule has 2 aromatic carbocycles. The molecule has 0 N–H and O–H groups in total. The molecule has 0 atom stereocenters. The number of halogens is 1. The molecule has 1 amide bonds. The summed E-state index contributed by atoms with van der Waals surface area (Å²) in [5.74, 6) is 0.958. The smallest absolute Gasteiger partial charge is 0.410 e. The van der Waals surface area contributed by atoms with E-state index in [9.17, 15) is 4.79 Å². The van der Waals surface area contributed by atoms with Gasteiger partial charge in [0.2, 0.25) is 0 Å². The second-order valence-electron chi connectivity index (χ2n) is 8.53. The van der Waals surface area contributed by atoms with Gasteiger partial charge in [-0.1, -0.05) is 29.4 Å². The second-order valence-corrected chi connectivity index (χ2v) is 10.1. The summed E-state index contributed by atoms with van der Waals surface area (Å²) < 4.78 is 5.51. The average Bonchev–Trinajstić information content (AvgIpc) is 2.74. The number of piperazine rings is 1. The van der Waals surface area contributed by atoms with Crippen LogP contribution in [0.5, 0.6) is 0 Å². The van der Waals surface area contributed by atoms with Crippen molar-refractivity contribution in [3.8, 4) is 0 Å². The molecular formula is C24H26ClN3O2S. The first kappa shape index (κ1) is 21.8. The Morgan fingerprint density at radius 3 is 2.35 bits per heavy atom. The molecule has 3 aromatic rings. The molecule has 2 heterocycles. The first-order chi connectivity index (χ1) is 14.8. The lowest BCUT2D eigenvalue weighted by molar-refractivity contribution is 0.0240. The van der Waals surface area contributed by atoms with Crippen molar-refractivity contribution in [3.05, 3.63) is 59.8 Å². The highest BCUT2D eigenvalue weighted by molar-refractivity contribution is 7.99. The van der Waals surface area contributed by atoms with Crippen LogP contribution in [0.2, 0.25) is 5.02 Å². The van der Waals surface area contributed by atoms with E-state index in [1.807, 2.05) is 57.3 Å². The van der Waals surface area contributed by atoms with Crippen LogP contribution in [0.25, 0.3) is 10.8 Å². The molecule has 4 rings (SSSR count). The Morgan fingerprint density at radius 2 is 1.68 bits per heavy atom. The van der Waals surface area contributed by atoms with Gasteiger partial charge in [0.05, 0.1) is 0 Å². The minimum atomic E-state index is -0.483. The number of hydrogen-bond acceptors (Lipinski definition) is 5. The second kappa shape index (κ2) is 8.97. The van der Waals surface area contributed by atoms with E-state index in [0.717, 1.165) is 44.5 Å². The van der Waals surface area contributed by atoms with Crippen molar-refractivity contribution < 1.29 is 9.53 Å². The van der Waals surface area contributed by atoms with Crippen LogP contribution < -0.4 is 4.90 Å². The Kier molecular flexibility index (Phi) is 6.30. The monoisotopic (exact) mass is 455 g/mol. The van der Waals surface area contributed by atoms with E-state index < -0.39 is 5.60 Å². The number of nitrogens with zero attached hydrogens (tertiary/aromatic N) is 3. The number of anilines is 1. The molecule has 0 saturated carbocycles. The Morgan fingerprint density at radius 1 is 1.00 bits per heavy atom. The molecule has 0 unspecified atom stereocenters. The van der Waals surface area contributed by atoms with Gasteiger partial charge in [0.25, 0.3) is 0 Å². The number of rotatable bonds is 3. The zero-order valence-corrected chi connectivity index (χ0v) is 19.5. The van der Waals surface area contributed by atoms with E-state index in [4.69, 9.17) is 16.3 Å². The zero-order valence-electron chi connectivity index (χ0n) is 18.0. The summed E-state index contributed by atoms with van der Waals surface area (Å²) in [5, 5.41) is 3.01. The topological polar surface area (TPSA) is 45.7 Å². The lowest BCUT2D eigenvalue weighted by Gasteiger charge is -2.36. The number of fused-ring (bicyclic) bond motifs is 1. The highest BCUT2D eigenvalue weighted by Crippen LogP contribution is 2.33. The summed E-state index contributed by atoms with van der Waals surface area (Å²) in [4.78, 5) is 23.4. The standard InChI is InChI=1S/C24H26ClN3O2S/c1-24(2,3)30-23(29)28-14-12-27(13-15-28)22-21-16-20(7-4-17(21)10-11-26-22)31-19-8-5-18(25)6-9-19/h4-11,16H,12-15H2,1-3H3. The number of carbonyl (C=O) groups is 1. The summed E-state index contributed by atoms with van der Waals surface area (Å²) in [6, 6.07) is 16.4. The van der Waals surface area contributed by atoms with E-state index in [1.165, 1.54) is 0 Å². The number of amides is 1. The van der Waals surface area contributed by atoms with Gasteiger partial charge < -0.3 is 14.5 Å². The van der Waals surface area contributed by atoms with Gasteiger partial charge in [0.15, 0.2) is 0 Å². The van der Waals surface area contributed by atoms with Gasteiger partial charge in [-0.3, -0.25) is 0 Å². The maximum absolute atomic E-state index is 12.4. The van der Waals surface area contributed by atoms with Crippen LogP contribution in [0.3, 0.4) is 0 Å². The van der Waals surface area contributed by atoms with Crippen LogP contribution in [-0.4, -0.2) is 47.8 Å². The van der Waals surface area contributed by atoms with Gasteiger partial charge in [-0.2, -0.15) is 0 Å². The van der Waals surface area contributed by atoms with Crippen LogP contribution in [0.15, 0.2) is 64.5 Å². The minimum absolute atomic E-state index is 0.250. The Balaban J connectivity index is 1.51. The molecule has 162 valence electrons. The highest BCUT2D eigenvalue weighted by atomic mass is 35.5. The molecule has 0 bridgehead atoms. The van der Waals surface area contributed by atoms with Gasteiger partial charge in [-0.15, -0.1) is 0 Å². The normalized spacial score (nSPS) is 14.7. The summed E-state index contributed by atoms with van der Waals surface area (Å²) in [6.07, 6.45) is 1.60. The van der Waals surface area contributed by atoms with E-state index in [-0.39, 0.29) is 6.09 Å². The SMILES string of the molecule is CC(C)(C)OC(=O)N1CCN(c2nccc3ccc(Sc4ccc(Cl)cc4)cc23)CC1. The molecule has 1 saturated heterocycles. The van der Waals surface area contributed by atoms with Crippen molar-refractivity contribution in [2.45, 2.75) is 36.2 Å². The Bertz CT molecular complexity index is 1070. The third kappa shape index (κ3) is 5.43. The number of carbonyl (C=O) groups excluding carboxylic acids is 1. The molecule has 1 aromatic heterocycles. The summed E-state index contributed by atoms with van der Waals surface area (Å²) >= 11 is 7.71. The number of aromatic nitrogens is 1. The lowest BCUT2D eigenvalue weighted by Crippen LogP contribution is -2.50. The van der Waals surface area contributed by atoms with E-state index in [1.54, 1.807) is 16.7 Å². The van der Waals surface area contributed by atoms with Crippen molar-refractivity contribution in [3.63, 3.8) is 0 Å². The molecule has 1 aliphatic rings. The fraction of sp³-hybridized carbons (Fsp3) is 0.333. The first-order valence-corrected chi connectivity index (χ1v) is 11.5. The third-order valence-corrected chi connectivity index (χ3v) is 6.25. The van der Waals surface area contributed by atoms with Crippen molar-refractivity contribution in [2.75, 3.05) is 31.1 Å². The van der Waals surface area contributed by atoms with Crippen molar-refractivity contribution in [1.82, 2.24) is 9.88 Å². The molecule has 1 aliphatic heterocycles. The van der Waals surface area contributed by atoms with E-state index in [2.05, 4.69) is 28.1 Å². The molecule has 31 heavy (non-hydrogen) atoms. The quantitative estimate of drug-likeness (QED) is 0.477. The summed E-state index contributed by atoms with van der Waals surface area (Å²) in [6.45, 7) is 8.35. The molecule has 1 fully saturated rings. The number of hydrogen-bond donors (Lipinski definition) is 0. The van der Waals surface area contributed by atoms with Crippen LogP contribution >= 0.6 is 23.4 Å². The minimum Gasteiger partial charge on any atom is -0.444 e. The number of benzene rings is 2. The van der Waals surface area contributed by atoms with Crippen LogP contribution in [0.1, 0.15) is 20.8 Å². The van der Waals surface area contributed by atoms with Crippen LogP contribution in [-0.2, 0) is 4.74 Å². The average molecular weight is 456 g/mol. The summed E-state index contributed by atoms with van der Waals surface area (Å²) in [5.41, 5.74) is -0.483. The van der Waals surface area contributed by atoms with Gasteiger partial charge in [0.1, 0.15) is 11.4 Å². The Hall–Kier alpha value is -2.44. The lowest BCUT2D eigenvalue weighted by atomic mass is 10.1. The van der Waals surface area contributed by atoms with Crippen molar-refractivity contribution >= 4 is 46.0 Å². The van der Waals surface area contributed by atoms with Crippen molar-refractivity contribution in [1.29, 1.82) is 0 Å². The van der Waals surface area contributed by atoms with Gasteiger partial charge >= 0.3 is 6.09 Å². The predicted molar refractivity (Wildman–Crippen MR) is 127 cm³/mol. The maximum atomic E-state index is 12.4. The number of pyridine rings is 1. The van der Waals surface area contributed by atoms with Gasteiger partial charge in [0, 0.05) is 52.6 Å². The molecular weight excluding hydrogens is 430 g/mol. The van der Waals surface area contributed by atoms with Crippen molar-refractivity contribution in [2.24, 2.45) is 0 Å². The van der Waals surface area contributed by atoms with E-state index in [0.29, 0.717) is 13.1 Å². The molecule has 7 heteroatoms. The Labute approximate surface area is 192 Å². The molecule has 0 aliphatic carbocycles. The van der Waals surface area contributed by atoms with Crippen LogP contribution in [0.4, 0.5) is 10.6 Å². The molecule has 5 nitrogen and oxygen atoms in total. The largest absolute Gasteiger partial charge is 0.444 e. The van der Waals surface area contributed by atoms with Gasteiger partial charge in [-0.25, -0.2) is 9.78 Å². The predicted octanol–water partition coefficient (Wildman–Crippen LogP) is 6.10. The maximum Gasteiger partial charge on any atom is 0.410 e. The molecule has 0 radical (unpaired) electrons. The fourth-order valence-electron chi connectivity index (χ4n) is 3.51. The number of ether oxygens (including phenoxy) is 1. The molecule has 0 spiro atoms.